The lowest BCUT2D eigenvalue weighted by Crippen LogP contribution is -1.96. The number of hydrogen-bond donors (Lipinski definition) is 2. The second-order valence-electron chi connectivity index (χ2n) is 3.99. The maximum atomic E-state index is 5.94. The minimum absolute atomic E-state index is 0.636. The first kappa shape index (κ1) is 10.2. The van der Waals surface area contributed by atoms with Crippen molar-refractivity contribution in [3.63, 3.8) is 0 Å². The molecule has 5 heteroatoms. The highest BCUT2D eigenvalue weighted by Gasteiger charge is 2.08. The van der Waals surface area contributed by atoms with E-state index < -0.39 is 0 Å². The van der Waals surface area contributed by atoms with Crippen LogP contribution in [0.2, 0.25) is 5.02 Å². The zero-order valence-electron chi connectivity index (χ0n) is 9.24. The Bertz CT molecular complexity index is 676. The van der Waals surface area contributed by atoms with Crippen LogP contribution < -0.4 is 5.73 Å². The van der Waals surface area contributed by atoms with E-state index in [0.29, 0.717) is 10.8 Å². The highest BCUT2D eigenvalue weighted by atomic mass is 35.5. The largest absolute Gasteiger partial charge is 0.384 e. The summed E-state index contributed by atoms with van der Waals surface area (Å²) in [5.74, 6) is 0.636. The van der Waals surface area contributed by atoms with Crippen LogP contribution in [0.1, 0.15) is 0 Å². The molecule has 0 amide bonds. The van der Waals surface area contributed by atoms with Gasteiger partial charge in [0.25, 0.3) is 0 Å². The van der Waals surface area contributed by atoms with Gasteiger partial charge in [0.2, 0.25) is 0 Å². The van der Waals surface area contributed by atoms with Gasteiger partial charge < -0.3 is 10.7 Å². The van der Waals surface area contributed by atoms with E-state index in [9.17, 15) is 0 Å². The molecule has 0 atom stereocenters. The number of nitrogens with two attached hydrogens (primary N) is 1. The fourth-order valence-corrected chi connectivity index (χ4v) is 2.02. The first-order valence-electron chi connectivity index (χ1n) is 5.21. The summed E-state index contributed by atoms with van der Waals surface area (Å²) in [5, 5.41) is 6.15. The third-order valence-corrected chi connectivity index (χ3v) is 3.01. The molecule has 0 saturated heterocycles. The zero-order valence-corrected chi connectivity index (χ0v) is 9.99. The van der Waals surface area contributed by atoms with E-state index in [-0.39, 0.29) is 0 Å². The van der Waals surface area contributed by atoms with E-state index in [1.807, 2.05) is 37.4 Å². The summed E-state index contributed by atoms with van der Waals surface area (Å²) in [4.78, 5) is 3.28. The van der Waals surface area contributed by atoms with E-state index in [1.54, 1.807) is 4.68 Å². The minimum Gasteiger partial charge on any atom is -0.384 e. The van der Waals surface area contributed by atoms with Crippen LogP contribution in [0.3, 0.4) is 0 Å². The average Bonchev–Trinajstić information content (AvgIpc) is 2.83. The number of hydrogen-bond acceptors (Lipinski definition) is 2. The predicted molar refractivity (Wildman–Crippen MR) is 69.9 cm³/mol. The van der Waals surface area contributed by atoms with E-state index in [2.05, 4.69) is 10.1 Å². The molecule has 0 radical (unpaired) electrons. The first-order valence-corrected chi connectivity index (χ1v) is 5.59. The molecule has 1 aromatic carbocycles. The Morgan fingerprint density at radius 2 is 2.12 bits per heavy atom. The SMILES string of the molecule is Cn1nc(-c2cc3ccc(Cl)cc3[nH]2)cc1N. The summed E-state index contributed by atoms with van der Waals surface area (Å²) >= 11 is 5.94. The quantitative estimate of drug-likeness (QED) is 0.694. The van der Waals surface area contributed by atoms with Crippen LogP contribution in [0.4, 0.5) is 5.82 Å². The molecule has 3 rings (SSSR count). The van der Waals surface area contributed by atoms with Crippen molar-refractivity contribution >= 4 is 28.3 Å². The molecule has 0 aliphatic heterocycles. The molecular formula is C12H11ClN4. The van der Waals surface area contributed by atoms with Gasteiger partial charge in [-0.2, -0.15) is 5.10 Å². The number of halogens is 1. The van der Waals surface area contributed by atoms with Gasteiger partial charge in [0, 0.05) is 29.0 Å². The molecule has 0 fully saturated rings. The Hall–Kier alpha value is -1.94. The topological polar surface area (TPSA) is 59.6 Å². The smallest absolute Gasteiger partial charge is 0.122 e. The van der Waals surface area contributed by atoms with Gasteiger partial charge in [-0.25, -0.2) is 0 Å². The van der Waals surface area contributed by atoms with Crippen molar-refractivity contribution in [1.82, 2.24) is 14.8 Å². The standard InChI is InChI=1S/C12H11ClN4/c1-17-12(14)6-11(16-17)10-4-7-2-3-8(13)5-9(7)15-10/h2-6,15H,14H2,1H3. The van der Waals surface area contributed by atoms with Gasteiger partial charge in [0.15, 0.2) is 0 Å². The maximum absolute atomic E-state index is 5.94. The number of nitrogen functional groups attached to an aromatic ring is 1. The fraction of sp³-hybridized carbons (Fsp3) is 0.0833. The average molecular weight is 247 g/mol. The summed E-state index contributed by atoms with van der Waals surface area (Å²) in [6, 6.07) is 9.62. The Balaban J connectivity index is 2.17. The lowest BCUT2D eigenvalue weighted by molar-refractivity contribution is 0.781. The summed E-state index contributed by atoms with van der Waals surface area (Å²) in [7, 11) is 1.82. The number of nitrogens with zero attached hydrogens (tertiary/aromatic N) is 2. The fourth-order valence-electron chi connectivity index (χ4n) is 1.85. The van der Waals surface area contributed by atoms with Gasteiger partial charge in [0.1, 0.15) is 11.5 Å². The molecule has 0 bridgehead atoms. The number of benzene rings is 1. The van der Waals surface area contributed by atoms with Crippen molar-refractivity contribution in [1.29, 1.82) is 0 Å². The van der Waals surface area contributed by atoms with Crippen LogP contribution in [-0.2, 0) is 7.05 Å². The van der Waals surface area contributed by atoms with E-state index >= 15 is 0 Å². The first-order chi connectivity index (χ1) is 8.13. The molecule has 86 valence electrons. The highest BCUT2D eigenvalue weighted by Crippen LogP contribution is 2.26. The molecule has 17 heavy (non-hydrogen) atoms. The number of anilines is 1. The Morgan fingerprint density at radius 3 is 2.82 bits per heavy atom. The monoisotopic (exact) mass is 246 g/mol. The Labute approximate surface area is 103 Å². The van der Waals surface area contributed by atoms with Crippen LogP contribution in [-0.4, -0.2) is 14.8 Å². The van der Waals surface area contributed by atoms with E-state index in [4.69, 9.17) is 17.3 Å². The number of aromatic amines is 1. The molecule has 0 unspecified atom stereocenters. The van der Waals surface area contributed by atoms with Crippen LogP contribution in [0.15, 0.2) is 30.3 Å². The number of rotatable bonds is 1. The second-order valence-corrected chi connectivity index (χ2v) is 4.43. The molecule has 3 aromatic rings. The number of fused-ring (bicyclic) bond motifs is 1. The van der Waals surface area contributed by atoms with Gasteiger partial charge >= 0.3 is 0 Å². The molecule has 2 heterocycles. The molecule has 0 saturated carbocycles. The van der Waals surface area contributed by atoms with Gasteiger partial charge in [-0.15, -0.1) is 0 Å². The molecule has 4 nitrogen and oxygen atoms in total. The third kappa shape index (κ3) is 1.66. The van der Waals surface area contributed by atoms with Gasteiger partial charge in [-0.1, -0.05) is 17.7 Å². The number of nitrogens with one attached hydrogen (secondary N) is 1. The normalized spacial score (nSPS) is 11.2. The number of aromatic nitrogens is 3. The third-order valence-electron chi connectivity index (χ3n) is 2.78. The van der Waals surface area contributed by atoms with Crippen molar-refractivity contribution in [2.75, 3.05) is 5.73 Å². The lowest BCUT2D eigenvalue weighted by atomic mass is 10.2. The Morgan fingerprint density at radius 1 is 1.29 bits per heavy atom. The maximum Gasteiger partial charge on any atom is 0.122 e. The molecule has 3 N–H and O–H groups in total. The zero-order chi connectivity index (χ0) is 12.0. The van der Waals surface area contributed by atoms with Crippen LogP contribution in [0.25, 0.3) is 22.3 Å². The van der Waals surface area contributed by atoms with Crippen LogP contribution in [0, 0.1) is 0 Å². The molecule has 0 spiro atoms. The Kier molecular flexibility index (Phi) is 2.12. The summed E-state index contributed by atoms with van der Waals surface area (Å²) < 4.78 is 1.65. The minimum atomic E-state index is 0.636. The molecular weight excluding hydrogens is 236 g/mol. The molecule has 0 aliphatic rings. The summed E-state index contributed by atoms with van der Waals surface area (Å²) in [5.41, 5.74) is 8.53. The van der Waals surface area contributed by atoms with Crippen molar-refractivity contribution in [2.24, 2.45) is 7.05 Å². The van der Waals surface area contributed by atoms with E-state index in [1.165, 1.54) is 0 Å². The van der Waals surface area contributed by atoms with Crippen molar-refractivity contribution in [3.8, 4) is 11.4 Å². The van der Waals surface area contributed by atoms with Crippen molar-refractivity contribution in [3.05, 3.63) is 35.4 Å². The number of aryl methyl sites for hydroxylation is 1. The lowest BCUT2D eigenvalue weighted by Gasteiger charge is -1.90. The van der Waals surface area contributed by atoms with Crippen LogP contribution >= 0.6 is 11.6 Å². The van der Waals surface area contributed by atoms with Gasteiger partial charge in [0.05, 0.1) is 5.69 Å². The summed E-state index contributed by atoms with van der Waals surface area (Å²) in [6.45, 7) is 0. The summed E-state index contributed by atoms with van der Waals surface area (Å²) in [6.07, 6.45) is 0. The number of H-pyrrole nitrogens is 1. The molecule has 2 aromatic heterocycles. The van der Waals surface area contributed by atoms with Gasteiger partial charge in [-0.3, -0.25) is 4.68 Å². The van der Waals surface area contributed by atoms with Gasteiger partial charge in [-0.05, 0) is 18.2 Å². The highest BCUT2D eigenvalue weighted by molar-refractivity contribution is 6.31. The van der Waals surface area contributed by atoms with Crippen LogP contribution in [0.5, 0.6) is 0 Å². The van der Waals surface area contributed by atoms with Crippen molar-refractivity contribution in [2.45, 2.75) is 0 Å². The van der Waals surface area contributed by atoms with E-state index in [0.717, 1.165) is 22.3 Å². The molecule has 0 aliphatic carbocycles. The predicted octanol–water partition coefficient (Wildman–Crippen LogP) is 2.80. The van der Waals surface area contributed by atoms with Crippen molar-refractivity contribution < 1.29 is 0 Å². The second kappa shape index (κ2) is 3.53.